The molecule has 0 bridgehead atoms. The predicted molar refractivity (Wildman–Crippen MR) is 120 cm³/mol. The van der Waals surface area contributed by atoms with E-state index in [1.807, 2.05) is 0 Å². The molecule has 1 aliphatic heterocycles. The van der Waals surface area contributed by atoms with Crippen LogP contribution in [0.3, 0.4) is 0 Å². The first kappa shape index (κ1) is 25.6. The van der Waals surface area contributed by atoms with E-state index in [1.54, 1.807) is 24.3 Å². The third-order valence-corrected chi connectivity index (χ3v) is 7.63. The molecule has 35 heavy (non-hydrogen) atoms. The van der Waals surface area contributed by atoms with Crippen LogP contribution in [0.5, 0.6) is 0 Å². The summed E-state index contributed by atoms with van der Waals surface area (Å²) in [5, 5.41) is 0. The zero-order valence-electron chi connectivity index (χ0n) is 18.9. The second-order valence-electron chi connectivity index (χ2n) is 9.35. The average molecular weight is 517 g/mol. The molecule has 190 valence electrons. The van der Waals surface area contributed by atoms with E-state index in [4.69, 9.17) is 0 Å². The second kappa shape index (κ2) is 9.16. The van der Waals surface area contributed by atoms with Crippen molar-refractivity contribution in [1.29, 1.82) is 0 Å². The molecule has 1 amide bonds. The molecule has 0 radical (unpaired) electrons. The Bertz CT molecular complexity index is 1210. The maximum atomic E-state index is 13.9. The van der Waals surface area contributed by atoms with Gasteiger partial charge in [-0.15, -0.1) is 0 Å². The quantitative estimate of drug-likeness (QED) is 0.578. The number of halogens is 5. The first-order valence-corrected chi connectivity index (χ1v) is 13.1. The lowest BCUT2D eigenvalue weighted by Crippen LogP contribution is -2.58. The Kier molecular flexibility index (Phi) is 6.69. The van der Waals surface area contributed by atoms with Gasteiger partial charge in [-0.25, -0.2) is 21.9 Å². The number of amides is 1. The molecular weight excluding hydrogens is 491 g/mol. The Morgan fingerprint density at radius 2 is 1.74 bits per heavy atom. The number of alkyl halides is 3. The zero-order chi connectivity index (χ0) is 25.6. The summed E-state index contributed by atoms with van der Waals surface area (Å²) in [7, 11) is -3.69. The SMILES string of the molecule is CS(=O)(=O)N[C@H]1CCN(C(=O)C2(C(F)(F)F)CCC2)[C@H]1Cc1cccc(-c2cc(F)cc(F)c2)c1. The highest BCUT2D eigenvalue weighted by molar-refractivity contribution is 7.88. The Morgan fingerprint density at radius 3 is 2.29 bits per heavy atom. The minimum absolute atomic E-state index is 0.0106. The van der Waals surface area contributed by atoms with Crippen molar-refractivity contribution >= 4 is 15.9 Å². The van der Waals surface area contributed by atoms with Crippen LogP contribution in [0.25, 0.3) is 11.1 Å². The van der Waals surface area contributed by atoms with Gasteiger partial charge >= 0.3 is 6.18 Å². The Labute approximate surface area is 200 Å². The summed E-state index contributed by atoms with van der Waals surface area (Å²) in [4.78, 5) is 14.4. The lowest BCUT2D eigenvalue weighted by molar-refractivity contribution is -0.248. The topological polar surface area (TPSA) is 66.5 Å². The van der Waals surface area contributed by atoms with Crippen molar-refractivity contribution < 1.29 is 35.2 Å². The number of rotatable bonds is 6. The fourth-order valence-electron chi connectivity index (χ4n) is 5.03. The summed E-state index contributed by atoms with van der Waals surface area (Å²) in [6, 6.07) is 8.03. The van der Waals surface area contributed by atoms with E-state index in [1.165, 1.54) is 0 Å². The molecule has 1 aliphatic carbocycles. The first-order chi connectivity index (χ1) is 16.3. The molecule has 0 spiro atoms. The summed E-state index contributed by atoms with van der Waals surface area (Å²) in [5.41, 5.74) is -1.09. The van der Waals surface area contributed by atoms with Crippen LogP contribution in [-0.2, 0) is 21.2 Å². The number of hydrogen-bond acceptors (Lipinski definition) is 3. The Balaban J connectivity index is 1.66. The first-order valence-electron chi connectivity index (χ1n) is 11.2. The Morgan fingerprint density at radius 1 is 1.09 bits per heavy atom. The second-order valence-corrected chi connectivity index (χ2v) is 11.1. The van der Waals surface area contributed by atoms with Gasteiger partial charge in [-0.2, -0.15) is 13.2 Å². The molecule has 0 unspecified atom stereocenters. The summed E-state index contributed by atoms with van der Waals surface area (Å²) in [6.45, 7) is -0.0106. The Hall–Kier alpha value is -2.53. The van der Waals surface area contributed by atoms with Crippen molar-refractivity contribution in [2.75, 3.05) is 12.8 Å². The van der Waals surface area contributed by atoms with Crippen molar-refractivity contribution in [2.24, 2.45) is 5.41 Å². The van der Waals surface area contributed by atoms with Crippen LogP contribution >= 0.6 is 0 Å². The van der Waals surface area contributed by atoms with Crippen molar-refractivity contribution in [3.05, 3.63) is 59.7 Å². The smallest absolute Gasteiger partial charge is 0.337 e. The summed E-state index contributed by atoms with van der Waals surface area (Å²) in [6.07, 6.45) is -3.79. The van der Waals surface area contributed by atoms with Crippen LogP contribution in [0.15, 0.2) is 42.5 Å². The summed E-state index contributed by atoms with van der Waals surface area (Å²) >= 11 is 0. The van der Waals surface area contributed by atoms with Crippen LogP contribution in [0, 0.1) is 17.0 Å². The number of likely N-dealkylation sites (tertiary alicyclic amines) is 1. The molecule has 5 nitrogen and oxygen atoms in total. The third kappa shape index (κ3) is 5.20. The van der Waals surface area contributed by atoms with E-state index < -0.39 is 51.2 Å². The van der Waals surface area contributed by atoms with Crippen molar-refractivity contribution in [2.45, 2.75) is 50.4 Å². The van der Waals surface area contributed by atoms with Crippen molar-refractivity contribution in [3.63, 3.8) is 0 Å². The minimum atomic E-state index is -4.70. The van der Waals surface area contributed by atoms with Gasteiger partial charge < -0.3 is 4.90 Å². The van der Waals surface area contributed by atoms with E-state index in [2.05, 4.69) is 4.72 Å². The minimum Gasteiger partial charge on any atom is -0.337 e. The number of nitrogens with zero attached hydrogens (tertiary/aromatic N) is 1. The van der Waals surface area contributed by atoms with Crippen molar-refractivity contribution in [1.82, 2.24) is 9.62 Å². The van der Waals surface area contributed by atoms with Crippen LogP contribution in [0.1, 0.15) is 31.2 Å². The van der Waals surface area contributed by atoms with Gasteiger partial charge in [0.05, 0.1) is 12.3 Å². The summed E-state index contributed by atoms with van der Waals surface area (Å²) < 4.78 is 95.3. The van der Waals surface area contributed by atoms with Gasteiger partial charge in [0.1, 0.15) is 17.0 Å². The molecule has 1 saturated carbocycles. The van der Waals surface area contributed by atoms with E-state index in [9.17, 15) is 35.2 Å². The third-order valence-electron chi connectivity index (χ3n) is 6.90. The van der Waals surface area contributed by atoms with Crippen LogP contribution < -0.4 is 4.72 Å². The molecule has 11 heteroatoms. The highest BCUT2D eigenvalue weighted by Gasteiger charge is 2.65. The highest BCUT2D eigenvalue weighted by atomic mass is 32.2. The molecule has 1 heterocycles. The van der Waals surface area contributed by atoms with Gasteiger partial charge in [-0.1, -0.05) is 30.7 Å². The number of benzene rings is 2. The van der Waals surface area contributed by atoms with Gasteiger partial charge in [-0.3, -0.25) is 4.79 Å². The molecule has 2 aromatic carbocycles. The van der Waals surface area contributed by atoms with E-state index >= 15 is 0 Å². The molecule has 2 atom stereocenters. The molecule has 2 aromatic rings. The highest BCUT2D eigenvalue weighted by Crippen LogP contribution is 2.54. The lowest BCUT2D eigenvalue weighted by Gasteiger charge is -2.45. The molecule has 2 aliphatic rings. The maximum Gasteiger partial charge on any atom is 0.403 e. The normalized spacial score (nSPS) is 22.2. The van der Waals surface area contributed by atoms with Gasteiger partial charge in [-0.05, 0) is 54.5 Å². The monoisotopic (exact) mass is 516 g/mol. The van der Waals surface area contributed by atoms with E-state index in [0.29, 0.717) is 17.5 Å². The molecular formula is C24H25F5N2O3S. The molecule has 2 fully saturated rings. The number of sulfonamides is 1. The zero-order valence-corrected chi connectivity index (χ0v) is 19.7. The van der Waals surface area contributed by atoms with Crippen LogP contribution in [0.2, 0.25) is 0 Å². The number of carbonyl (C=O) groups excluding carboxylic acids is 1. The van der Waals surface area contributed by atoms with E-state index in [0.717, 1.165) is 29.4 Å². The van der Waals surface area contributed by atoms with E-state index in [-0.39, 0.29) is 37.8 Å². The van der Waals surface area contributed by atoms with Gasteiger partial charge in [0, 0.05) is 18.7 Å². The van der Waals surface area contributed by atoms with Crippen molar-refractivity contribution in [3.8, 4) is 11.1 Å². The average Bonchev–Trinajstić information content (AvgIpc) is 3.05. The molecule has 1 saturated heterocycles. The lowest BCUT2D eigenvalue weighted by atomic mass is 9.67. The summed E-state index contributed by atoms with van der Waals surface area (Å²) in [5.74, 6) is -2.54. The molecule has 1 N–H and O–H groups in total. The number of nitrogens with one attached hydrogen (secondary N) is 1. The van der Waals surface area contributed by atoms with Gasteiger partial charge in [0.2, 0.25) is 15.9 Å². The predicted octanol–water partition coefficient (Wildman–Crippen LogP) is 4.43. The molecule has 4 rings (SSSR count). The largest absolute Gasteiger partial charge is 0.403 e. The number of hydrogen-bond donors (Lipinski definition) is 1. The fraction of sp³-hybridized carbons (Fsp3) is 0.458. The van der Waals surface area contributed by atoms with Gasteiger partial charge in [0.15, 0.2) is 0 Å². The fourth-order valence-corrected chi connectivity index (χ4v) is 5.86. The molecule has 0 aromatic heterocycles. The van der Waals surface area contributed by atoms with Crippen LogP contribution in [-0.4, -0.2) is 50.3 Å². The standard InChI is InChI=1S/C24H25F5N2O3S/c1-35(33,34)30-20-6-9-31(22(32)23(7-3-8-23)24(27,28)29)21(20)11-15-4-2-5-16(10-15)17-12-18(25)14-19(26)13-17/h2,4-5,10,12-14,20-21,30H,3,6-9,11H2,1H3/t20-,21-/m0/s1. The van der Waals surface area contributed by atoms with Gasteiger partial charge in [0.25, 0.3) is 0 Å². The maximum absolute atomic E-state index is 13.9. The van der Waals surface area contributed by atoms with Crippen LogP contribution in [0.4, 0.5) is 22.0 Å². The number of carbonyl (C=O) groups is 1.